The van der Waals surface area contributed by atoms with E-state index in [4.69, 9.17) is 0 Å². The minimum atomic E-state index is 0.0680. The Hall–Kier alpha value is -0.420. The van der Waals surface area contributed by atoms with Gasteiger partial charge in [-0.15, -0.1) is 0 Å². The van der Waals surface area contributed by atoms with Crippen LogP contribution in [0.2, 0.25) is 0 Å². The highest BCUT2D eigenvalue weighted by molar-refractivity contribution is 7.99. The number of amides is 2. The number of urea groups is 1. The van der Waals surface area contributed by atoms with Crippen LogP contribution in [0.1, 0.15) is 58.3 Å². The van der Waals surface area contributed by atoms with Crippen molar-refractivity contribution in [3.63, 3.8) is 0 Å². The minimum Gasteiger partial charge on any atom is -0.335 e. The van der Waals surface area contributed by atoms with E-state index in [1.54, 1.807) is 0 Å². The second kappa shape index (κ2) is 7.91. The van der Waals surface area contributed by atoms with Gasteiger partial charge in [0.25, 0.3) is 0 Å². The maximum atomic E-state index is 12.3. The molecule has 2 atom stereocenters. The van der Waals surface area contributed by atoms with Gasteiger partial charge in [0.1, 0.15) is 0 Å². The van der Waals surface area contributed by atoms with Crippen LogP contribution in [0.25, 0.3) is 0 Å². The van der Waals surface area contributed by atoms with Gasteiger partial charge in [0.2, 0.25) is 0 Å². The molecule has 22 heavy (non-hydrogen) atoms. The molecule has 0 bridgehead atoms. The fourth-order valence-corrected chi connectivity index (χ4v) is 5.12. The van der Waals surface area contributed by atoms with Crippen LogP contribution in [0, 0.1) is 0 Å². The number of nitrogens with zero attached hydrogens (tertiary/aromatic N) is 1. The van der Waals surface area contributed by atoms with Gasteiger partial charge in [-0.3, -0.25) is 0 Å². The fraction of sp³-hybridized carbons (Fsp3) is 0.941. The maximum Gasteiger partial charge on any atom is 0.315 e. The van der Waals surface area contributed by atoms with Crippen LogP contribution in [-0.2, 0) is 0 Å². The Labute approximate surface area is 139 Å². The molecule has 0 spiro atoms. The molecule has 5 heteroatoms. The molecule has 2 saturated carbocycles. The van der Waals surface area contributed by atoms with Crippen molar-refractivity contribution in [2.45, 2.75) is 81.7 Å². The summed E-state index contributed by atoms with van der Waals surface area (Å²) in [5, 5.41) is 7.10. The summed E-state index contributed by atoms with van der Waals surface area (Å²) in [6.45, 7) is 4.53. The molecule has 3 rings (SSSR count). The Morgan fingerprint density at radius 3 is 2.45 bits per heavy atom. The average Bonchev–Trinajstić information content (AvgIpc) is 3.35. The zero-order valence-electron chi connectivity index (χ0n) is 13.9. The summed E-state index contributed by atoms with van der Waals surface area (Å²) in [4.78, 5) is 14.9. The van der Waals surface area contributed by atoms with Crippen LogP contribution in [0.5, 0.6) is 0 Å². The third-order valence-corrected chi connectivity index (χ3v) is 6.65. The molecule has 0 aromatic carbocycles. The van der Waals surface area contributed by atoms with Crippen molar-refractivity contribution in [3.05, 3.63) is 0 Å². The quantitative estimate of drug-likeness (QED) is 0.817. The molecular formula is C17H31N3OS. The molecular weight excluding hydrogens is 294 g/mol. The minimum absolute atomic E-state index is 0.0680. The van der Waals surface area contributed by atoms with Crippen LogP contribution in [0.3, 0.4) is 0 Å². The Balaban J connectivity index is 1.39. The van der Waals surface area contributed by atoms with E-state index < -0.39 is 0 Å². The first-order valence-electron chi connectivity index (χ1n) is 9.19. The van der Waals surface area contributed by atoms with Crippen LogP contribution < -0.4 is 10.6 Å². The second-order valence-electron chi connectivity index (χ2n) is 7.04. The average molecular weight is 326 g/mol. The Morgan fingerprint density at radius 2 is 1.77 bits per heavy atom. The van der Waals surface area contributed by atoms with Gasteiger partial charge in [-0.2, -0.15) is 11.8 Å². The molecule has 0 aromatic heterocycles. The number of hydrogen-bond donors (Lipinski definition) is 2. The lowest BCUT2D eigenvalue weighted by Gasteiger charge is -2.34. The molecule has 2 amide bonds. The molecule has 2 aliphatic carbocycles. The molecule has 0 radical (unpaired) electrons. The van der Waals surface area contributed by atoms with E-state index in [1.807, 2.05) is 11.8 Å². The summed E-state index contributed by atoms with van der Waals surface area (Å²) >= 11 is 2.01. The molecule has 1 heterocycles. The number of hydrogen-bond acceptors (Lipinski definition) is 3. The van der Waals surface area contributed by atoms with Crippen molar-refractivity contribution in [3.8, 4) is 0 Å². The van der Waals surface area contributed by atoms with E-state index in [-0.39, 0.29) is 6.03 Å². The summed E-state index contributed by atoms with van der Waals surface area (Å²) in [7, 11) is 0. The lowest BCUT2D eigenvalue weighted by atomic mass is 9.95. The summed E-state index contributed by atoms with van der Waals surface area (Å²) in [6.07, 6.45) is 9.97. The van der Waals surface area contributed by atoms with Crippen LogP contribution >= 0.6 is 11.8 Å². The van der Waals surface area contributed by atoms with E-state index in [0.29, 0.717) is 17.3 Å². The third-order valence-electron chi connectivity index (χ3n) is 5.33. The van der Waals surface area contributed by atoms with Gasteiger partial charge in [0.05, 0.1) is 0 Å². The lowest BCUT2D eigenvalue weighted by molar-refractivity contribution is 0.184. The van der Waals surface area contributed by atoms with Crippen molar-refractivity contribution in [1.82, 2.24) is 15.5 Å². The van der Waals surface area contributed by atoms with Crippen molar-refractivity contribution >= 4 is 17.8 Å². The van der Waals surface area contributed by atoms with Gasteiger partial charge < -0.3 is 15.5 Å². The van der Waals surface area contributed by atoms with Crippen molar-refractivity contribution < 1.29 is 4.79 Å². The smallest absolute Gasteiger partial charge is 0.315 e. The SMILES string of the molecule is CCS[C@H]1CCCC[C@H]1NC(=O)NC1CCN(C2CC2)CC1. The maximum absolute atomic E-state index is 12.3. The third kappa shape index (κ3) is 4.54. The van der Waals surface area contributed by atoms with Crippen LogP contribution in [0.15, 0.2) is 0 Å². The van der Waals surface area contributed by atoms with E-state index in [2.05, 4.69) is 22.5 Å². The van der Waals surface area contributed by atoms with Gasteiger partial charge in [0, 0.05) is 36.5 Å². The number of piperidine rings is 1. The van der Waals surface area contributed by atoms with Gasteiger partial charge >= 0.3 is 6.03 Å². The topological polar surface area (TPSA) is 44.4 Å². The zero-order valence-corrected chi connectivity index (χ0v) is 14.7. The summed E-state index contributed by atoms with van der Waals surface area (Å²) in [5.74, 6) is 1.14. The molecule has 126 valence electrons. The zero-order chi connectivity index (χ0) is 15.4. The Morgan fingerprint density at radius 1 is 1.05 bits per heavy atom. The van der Waals surface area contributed by atoms with Gasteiger partial charge in [0.15, 0.2) is 0 Å². The number of carbonyl (C=O) groups excluding carboxylic acids is 1. The second-order valence-corrected chi connectivity index (χ2v) is 8.56. The monoisotopic (exact) mass is 325 g/mol. The highest BCUT2D eigenvalue weighted by Crippen LogP contribution is 2.30. The highest BCUT2D eigenvalue weighted by atomic mass is 32.2. The van der Waals surface area contributed by atoms with Crippen molar-refractivity contribution in [2.75, 3.05) is 18.8 Å². The first-order chi connectivity index (χ1) is 10.8. The molecule has 2 N–H and O–H groups in total. The predicted octanol–water partition coefficient (Wildman–Crippen LogP) is 2.98. The number of likely N-dealkylation sites (tertiary alicyclic amines) is 1. The van der Waals surface area contributed by atoms with Gasteiger partial charge in [-0.25, -0.2) is 4.79 Å². The van der Waals surface area contributed by atoms with Crippen LogP contribution in [-0.4, -0.2) is 53.1 Å². The molecule has 3 fully saturated rings. The van der Waals surface area contributed by atoms with Crippen LogP contribution in [0.4, 0.5) is 4.79 Å². The molecule has 1 saturated heterocycles. The summed E-state index contributed by atoms with van der Waals surface area (Å²) in [6, 6.07) is 1.67. The molecule has 4 nitrogen and oxygen atoms in total. The molecule has 0 aromatic rings. The fourth-order valence-electron chi connectivity index (χ4n) is 3.92. The molecule has 3 aliphatic rings. The normalized spacial score (nSPS) is 31.0. The van der Waals surface area contributed by atoms with E-state index in [1.165, 1.54) is 32.1 Å². The van der Waals surface area contributed by atoms with E-state index in [9.17, 15) is 4.79 Å². The molecule has 0 unspecified atom stereocenters. The first kappa shape index (κ1) is 16.4. The lowest BCUT2D eigenvalue weighted by Crippen LogP contribution is -2.52. The number of rotatable bonds is 5. The predicted molar refractivity (Wildman–Crippen MR) is 93.5 cm³/mol. The number of thioether (sulfide) groups is 1. The first-order valence-corrected chi connectivity index (χ1v) is 10.2. The number of carbonyl (C=O) groups is 1. The Kier molecular flexibility index (Phi) is 5.91. The van der Waals surface area contributed by atoms with E-state index in [0.717, 1.165) is 44.1 Å². The van der Waals surface area contributed by atoms with Crippen molar-refractivity contribution in [2.24, 2.45) is 0 Å². The Bertz CT molecular complexity index is 365. The van der Waals surface area contributed by atoms with Gasteiger partial charge in [-0.1, -0.05) is 19.8 Å². The number of nitrogens with one attached hydrogen (secondary N) is 2. The van der Waals surface area contributed by atoms with Crippen molar-refractivity contribution in [1.29, 1.82) is 0 Å². The molecule has 1 aliphatic heterocycles. The largest absolute Gasteiger partial charge is 0.335 e. The van der Waals surface area contributed by atoms with Gasteiger partial charge in [-0.05, 0) is 44.3 Å². The summed E-state index contributed by atoms with van der Waals surface area (Å²) < 4.78 is 0. The van der Waals surface area contributed by atoms with E-state index >= 15 is 0 Å². The highest BCUT2D eigenvalue weighted by Gasteiger charge is 2.32. The standard InChI is InChI=1S/C17H31N3OS/c1-2-22-16-6-4-3-5-15(16)19-17(21)18-13-9-11-20(12-10-13)14-7-8-14/h13-16H,2-12H2,1H3,(H2,18,19,21)/t15-,16+/m1/s1. The summed E-state index contributed by atoms with van der Waals surface area (Å²) in [5.41, 5.74) is 0.